The molecule has 0 bridgehead atoms. The lowest BCUT2D eigenvalue weighted by Gasteiger charge is -2.06. The van der Waals surface area contributed by atoms with Crippen LogP contribution in [0, 0.1) is 5.92 Å². The number of hydrogen-bond donors (Lipinski definition) is 0. The number of benzene rings is 1. The fraction of sp³-hybridized carbons (Fsp3) is 0.400. The Labute approximate surface area is 107 Å². The summed E-state index contributed by atoms with van der Waals surface area (Å²) in [6.07, 6.45) is 2.56. The summed E-state index contributed by atoms with van der Waals surface area (Å²) in [6.45, 7) is 4.34. The van der Waals surface area contributed by atoms with Crippen LogP contribution in [0.1, 0.15) is 25.0 Å². The molecule has 0 radical (unpaired) electrons. The average molecular weight is 246 g/mol. The van der Waals surface area contributed by atoms with Gasteiger partial charge in [-0.3, -0.25) is 0 Å². The fourth-order valence-corrected chi connectivity index (χ4v) is 2.38. The molecule has 18 heavy (non-hydrogen) atoms. The van der Waals surface area contributed by atoms with Crippen molar-refractivity contribution in [3.63, 3.8) is 0 Å². The van der Waals surface area contributed by atoms with E-state index in [0.717, 1.165) is 23.3 Å². The lowest BCUT2D eigenvalue weighted by atomic mass is 10.0. The van der Waals surface area contributed by atoms with Gasteiger partial charge in [-0.25, -0.2) is 4.79 Å². The number of ether oxygens (including phenoxy) is 2. The summed E-state index contributed by atoms with van der Waals surface area (Å²) in [5.41, 5.74) is 3.43. The van der Waals surface area contributed by atoms with Crippen LogP contribution in [0.15, 0.2) is 24.3 Å². The van der Waals surface area contributed by atoms with E-state index in [1.54, 1.807) is 13.2 Å². The minimum Gasteiger partial charge on any atom is -0.497 e. The van der Waals surface area contributed by atoms with Gasteiger partial charge in [-0.2, -0.15) is 0 Å². The minimum absolute atomic E-state index is 0.261. The van der Waals surface area contributed by atoms with Crippen LogP contribution >= 0.6 is 0 Å². The van der Waals surface area contributed by atoms with Crippen LogP contribution in [0.25, 0.3) is 5.57 Å². The van der Waals surface area contributed by atoms with Gasteiger partial charge in [0, 0.05) is 6.08 Å². The van der Waals surface area contributed by atoms with Gasteiger partial charge in [0.1, 0.15) is 5.75 Å². The van der Waals surface area contributed by atoms with E-state index in [-0.39, 0.29) is 5.97 Å². The van der Waals surface area contributed by atoms with Crippen LogP contribution in [0.3, 0.4) is 0 Å². The molecule has 2 rings (SSSR count). The first-order valence-corrected chi connectivity index (χ1v) is 6.21. The second-order valence-electron chi connectivity index (χ2n) is 4.48. The molecule has 1 atom stereocenters. The number of methoxy groups -OCH3 is 1. The maximum Gasteiger partial charge on any atom is 0.331 e. The molecular weight excluding hydrogens is 228 g/mol. The van der Waals surface area contributed by atoms with Gasteiger partial charge in [0.15, 0.2) is 0 Å². The van der Waals surface area contributed by atoms with Crippen LogP contribution in [-0.2, 0) is 16.0 Å². The molecule has 0 amide bonds. The Kier molecular flexibility index (Phi) is 3.70. The molecule has 0 fully saturated rings. The molecule has 0 heterocycles. The van der Waals surface area contributed by atoms with Crippen molar-refractivity contribution >= 4 is 11.5 Å². The van der Waals surface area contributed by atoms with Crippen LogP contribution in [0.4, 0.5) is 0 Å². The Hall–Kier alpha value is -1.77. The SMILES string of the molecule is CCOC(=O)/C=C1/c2ccc(OC)cc2CC1C. The van der Waals surface area contributed by atoms with Gasteiger partial charge < -0.3 is 9.47 Å². The number of allylic oxidation sites excluding steroid dienone is 1. The highest BCUT2D eigenvalue weighted by Gasteiger charge is 2.24. The molecule has 0 N–H and O–H groups in total. The lowest BCUT2D eigenvalue weighted by Crippen LogP contribution is -2.02. The molecule has 0 saturated carbocycles. The number of esters is 1. The standard InChI is InChI=1S/C15H18O3/c1-4-18-15(16)9-14-10(2)7-11-8-12(17-3)5-6-13(11)14/h5-6,8-10H,4,7H2,1-3H3/b14-9+. The zero-order valence-corrected chi connectivity index (χ0v) is 11.0. The van der Waals surface area contributed by atoms with Gasteiger partial charge in [0.05, 0.1) is 13.7 Å². The second kappa shape index (κ2) is 5.25. The largest absolute Gasteiger partial charge is 0.497 e. The summed E-state index contributed by atoms with van der Waals surface area (Å²) in [5, 5.41) is 0. The molecule has 0 saturated heterocycles. The predicted octanol–water partition coefficient (Wildman–Crippen LogP) is 2.83. The molecule has 0 spiro atoms. The Balaban J connectivity index is 2.33. The van der Waals surface area contributed by atoms with Gasteiger partial charge in [-0.05, 0) is 48.1 Å². The predicted molar refractivity (Wildman–Crippen MR) is 70.5 cm³/mol. The summed E-state index contributed by atoms with van der Waals surface area (Å²) in [5.74, 6) is 0.942. The Morgan fingerprint density at radius 1 is 1.50 bits per heavy atom. The molecule has 1 aliphatic rings. The van der Waals surface area contributed by atoms with Crippen molar-refractivity contribution in [3.05, 3.63) is 35.4 Å². The van der Waals surface area contributed by atoms with Crippen molar-refractivity contribution in [1.29, 1.82) is 0 Å². The molecule has 1 unspecified atom stereocenters. The van der Waals surface area contributed by atoms with Gasteiger partial charge in [0.2, 0.25) is 0 Å². The van der Waals surface area contributed by atoms with E-state index in [2.05, 4.69) is 6.92 Å². The van der Waals surface area contributed by atoms with E-state index in [1.807, 2.05) is 25.1 Å². The van der Waals surface area contributed by atoms with E-state index in [0.29, 0.717) is 12.5 Å². The molecule has 0 aromatic heterocycles. The van der Waals surface area contributed by atoms with Crippen LogP contribution < -0.4 is 4.74 Å². The number of carbonyl (C=O) groups is 1. The molecule has 3 heteroatoms. The highest BCUT2D eigenvalue weighted by atomic mass is 16.5. The van der Waals surface area contributed by atoms with E-state index < -0.39 is 0 Å². The van der Waals surface area contributed by atoms with Crippen molar-refractivity contribution in [2.75, 3.05) is 13.7 Å². The minimum atomic E-state index is -0.261. The summed E-state index contributed by atoms with van der Waals surface area (Å²) in [7, 11) is 1.66. The maximum absolute atomic E-state index is 11.6. The quantitative estimate of drug-likeness (QED) is 0.607. The highest BCUT2D eigenvalue weighted by Crippen LogP contribution is 2.38. The molecule has 1 aromatic carbocycles. The molecule has 96 valence electrons. The number of rotatable bonds is 3. The van der Waals surface area contributed by atoms with Gasteiger partial charge in [-0.15, -0.1) is 0 Å². The monoisotopic (exact) mass is 246 g/mol. The molecule has 1 aliphatic carbocycles. The zero-order valence-electron chi connectivity index (χ0n) is 11.0. The number of carbonyl (C=O) groups excluding carboxylic acids is 1. The van der Waals surface area contributed by atoms with E-state index in [4.69, 9.17) is 9.47 Å². The summed E-state index contributed by atoms with van der Waals surface area (Å²) >= 11 is 0. The second-order valence-corrected chi connectivity index (χ2v) is 4.48. The summed E-state index contributed by atoms with van der Waals surface area (Å²) in [6, 6.07) is 5.98. The lowest BCUT2D eigenvalue weighted by molar-refractivity contribution is -0.137. The first kappa shape index (κ1) is 12.7. The van der Waals surface area contributed by atoms with Gasteiger partial charge in [-0.1, -0.05) is 13.0 Å². The molecule has 3 nitrogen and oxygen atoms in total. The van der Waals surface area contributed by atoms with Crippen LogP contribution in [0.5, 0.6) is 5.75 Å². The normalized spacial score (nSPS) is 19.7. The molecular formula is C15H18O3. The Bertz CT molecular complexity index is 489. The number of fused-ring (bicyclic) bond motifs is 1. The van der Waals surface area contributed by atoms with Gasteiger partial charge >= 0.3 is 5.97 Å². The maximum atomic E-state index is 11.6. The highest BCUT2D eigenvalue weighted by molar-refractivity contribution is 5.93. The van der Waals surface area contributed by atoms with E-state index in [9.17, 15) is 4.79 Å². The van der Waals surface area contributed by atoms with Gasteiger partial charge in [0.25, 0.3) is 0 Å². The first-order valence-electron chi connectivity index (χ1n) is 6.21. The zero-order chi connectivity index (χ0) is 13.1. The third-order valence-electron chi connectivity index (χ3n) is 3.24. The topological polar surface area (TPSA) is 35.5 Å². The smallest absolute Gasteiger partial charge is 0.331 e. The first-order chi connectivity index (χ1) is 8.65. The molecule has 1 aromatic rings. The fourth-order valence-electron chi connectivity index (χ4n) is 2.38. The van der Waals surface area contributed by atoms with E-state index >= 15 is 0 Å². The third kappa shape index (κ3) is 2.40. The summed E-state index contributed by atoms with van der Waals surface area (Å²) < 4.78 is 10.2. The van der Waals surface area contributed by atoms with Crippen molar-refractivity contribution in [2.45, 2.75) is 20.3 Å². The Morgan fingerprint density at radius 3 is 2.94 bits per heavy atom. The third-order valence-corrected chi connectivity index (χ3v) is 3.24. The Morgan fingerprint density at radius 2 is 2.28 bits per heavy atom. The van der Waals surface area contributed by atoms with E-state index in [1.165, 1.54) is 5.56 Å². The van der Waals surface area contributed by atoms with Crippen LogP contribution in [0.2, 0.25) is 0 Å². The summed E-state index contributed by atoms with van der Waals surface area (Å²) in [4.78, 5) is 11.6. The molecule has 0 aliphatic heterocycles. The number of hydrogen-bond acceptors (Lipinski definition) is 3. The van der Waals surface area contributed by atoms with Crippen molar-refractivity contribution in [2.24, 2.45) is 5.92 Å². The van der Waals surface area contributed by atoms with Crippen molar-refractivity contribution in [3.8, 4) is 5.75 Å². The van der Waals surface area contributed by atoms with Crippen LogP contribution in [-0.4, -0.2) is 19.7 Å². The van der Waals surface area contributed by atoms with Crippen molar-refractivity contribution < 1.29 is 14.3 Å². The van der Waals surface area contributed by atoms with Crippen molar-refractivity contribution in [1.82, 2.24) is 0 Å². The average Bonchev–Trinajstić information content (AvgIpc) is 2.65.